The summed E-state index contributed by atoms with van der Waals surface area (Å²) in [5, 5.41) is 8.57. The van der Waals surface area contributed by atoms with Crippen molar-refractivity contribution in [3.63, 3.8) is 0 Å². The van der Waals surface area contributed by atoms with Gasteiger partial charge in [-0.15, -0.1) is 11.3 Å². The minimum atomic E-state index is -0.241. The number of hydrogen-bond acceptors (Lipinski definition) is 5. The van der Waals surface area contributed by atoms with Gasteiger partial charge in [0, 0.05) is 24.9 Å². The number of nitrogens with one attached hydrogen (secondary N) is 2. The Bertz CT molecular complexity index is 699. The van der Waals surface area contributed by atoms with Gasteiger partial charge in [0.1, 0.15) is 0 Å². The molecule has 0 aliphatic heterocycles. The minimum absolute atomic E-state index is 0.110. The van der Waals surface area contributed by atoms with Crippen molar-refractivity contribution < 1.29 is 9.59 Å². The number of carbonyl (C=O) groups excluding carboxylic acids is 2. The quantitative estimate of drug-likeness (QED) is 0.682. The first-order chi connectivity index (χ1) is 11.6. The third-order valence-corrected chi connectivity index (χ3v) is 4.20. The molecule has 0 saturated carbocycles. The van der Waals surface area contributed by atoms with E-state index in [0.717, 1.165) is 23.5 Å². The van der Waals surface area contributed by atoms with Crippen LogP contribution in [-0.4, -0.2) is 29.9 Å². The molecule has 0 spiro atoms. The fraction of sp³-hybridized carbons (Fsp3) is 0.353. The molecule has 0 aliphatic carbocycles. The molecule has 2 rings (SSSR count). The molecule has 0 radical (unpaired) electrons. The number of aromatic nitrogens is 1. The van der Waals surface area contributed by atoms with Crippen LogP contribution in [0.3, 0.4) is 0 Å². The summed E-state index contributed by atoms with van der Waals surface area (Å²) < 4.78 is 0. The van der Waals surface area contributed by atoms with E-state index in [1.807, 2.05) is 12.3 Å². The lowest BCUT2D eigenvalue weighted by Gasteiger charge is -2.11. The van der Waals surface area contributed by atoms with Gasteiger partial charge in [-0.2, -0.15) is 0 Å². The molecule has 6 nitrogen and oxygen atoms in total. The van der Waals surface area contributed by atoms with Gasteiger partial charge in [-0.25, -0.2) is 4.98 Å². The number of carbonyl (C=O) groups is 2. The van der Waals surface area contributed by atoms with E-state index < -0.39 is 0 Å². The van der Waals surface area contributed by atoms with Gasteiger partial charge >= 0.3 is 0 Å². The molecule has 0 unspecified atom stereocenters. The first-order valence-corrected chi connectivity index (χ1v) is 8.76. The Morgan fingerprint density at radius 3 is 2.79 bits per heavy atom. The zero-order valence-corrected chi connectivity index (χ0v) is 14.5. The zero-order valence-electron chi connectivity index (χ0n) is 13.7. The normalized spacial score (nSPS) is 10.4. The summed E-state index contributed by atoms with van der Waals surface area (Å²) in [5.74, 6) is -0.352. The van der Waals surface area contributed by atoms with Crippen molar-refractivity contribution in [1.29, 1.82) is 0 Å². The van der Waals surface area contributed by atoms with Gasteiger partial charge in [0.2, 0.25) is 5.91 Å². The van der Waals surface area contributed by atoms with E-state index in [1.165, 1.54) is 0 Å². The molecule has 128 valence electrons. The van der Waals surface area contributed by atoms with Crippen molar-refractivity contribution in [3.05, 3.63) is 45.9 Å². The molecule has 0 bridgehead atoms. The van der Waals surface area contributed by atoms with Crippen LogP contribution in [0.1, 0.15) is 33.9 Å². The summed E-state index contributed by atoms with van der Waals surface area (Å²) in [6, 6.07) is 6.95. The highest BCUT2D eigenvalue weighted by Gasteiger charge is 2.12. The zero-order chi connectivity index (χ0) is 17.4. The Balaban J connectivity index is 1.88. The lowest BCUT2D eigenvalue weighted by molar-refractivity contribution is -0.116. The summed E-state index contributed by atoms with van der Waals surface area (Å²) in [6.07, 6.45) is 1.88. The van der Waals surface area contributed by atoms with Crippen molar-refractivity contribution >= 4 is 28.8 Å². The topological polar surface area (TPSA) is 97.1 Å². The molecule has 0 saturated heterocycles. The number of benzene rings is 1. The van der Waals surface area contributed by atoms with Gasteiger partial charge in [0.05, 0.1) is 22.0 Å². The number of aryl methyl sites for hydroxylation is 2. The Labute approximate surface area is 145 Å². The smallest absolute Gasteiger partial charge is 0.253 e. The Morgan fingerprint density at radius 1 is 1.29 bits per heavy atom. The number of para-hydroxylation sites is 1. The maximum absolute atomic E-state index is 12.1. The second kappa shape index (κ2) is 9.14. The van der Waals surface area contributed by atoms with Crippen LogP contribution in [0.15, 0.2) is 29.6 Å². The van der Waals surface area contributed by atoms with Crippen LogP contribution in [0.2, 0.25) is 0 Å². The summed E-state index contributed by atoms with van der Waals surface area (Å²) in [7, 11) is 0. The second-order valence-corrected chi connectivity index (χ2v) is 6.41. The summed E-state index contributed by atoms with van der Waals surface area (Å²) in [5.41, 5.74) is 7.36. The van der Waals surface area contributed by atoms with Gasteiger partial charge in [-0.1, -0.05) is 12.1 Å². The van der Waals surface area contributed by atoms with Crippen molar-refractivity contribution in [1.82, 2.24) is 10.3 Å². The van der Waals surface area contributed by atoms with Crippen molar-refractivity contribution in [2.24, 2.45) is 5.73 Å². The van der Waals surface area contributed by atoms with E-state index in [0.29, 0.717) is 30.8 Å². The Hall–Kier alpha value is -2.25. The Kier molecular flexibility index (Phi) is 6.89. The lowest BCUT2D eigenvalue weighted by Crippen LogP contribution is -2.29. The van der Waals surface area contributed by atoms with Crippen LogP contribution in [-0.2, 0) is 11.2 Å². The number of rotatable bonds is 8. The largest absolute Gasteiger partial charge is 0.351 e. The molecule has 1 aromatic carbocycles. The number of nitrogens with zero attached hydrogens (tertiary/aromatic N) is 1. The molecule has 0 aliphatic rings. The van der Waals surface area contributed by atoms with E-state index in [4.69, 9.17) is 5.73 Å². The second-order valence-electron chi connectivity index (χ2n) is 5.35. The summed E-state index contributed by atoms with van der Waals surface area (Å²) in [6.45, 7) is 2.73. The van der Waals surface area contributed by atoms with E-state index >= 15 is 0 Å². The maximum atomic E-state index is 12.1. The average Bonchev–Trinajstić information content (AvgIpc) is 2.98. The van der Waals surface area contributed by atoms with Gasteiger partial charge < -0.3 is 16.4 Å². The number of thiazole rings is 1. The van der Waals surface area contributed by atoms with E-state index in [9.17, 15) is 9.59 Å². The molecule has 2 aromatic rings. The van der Waals surface area contributed by atoms with Gasteiger partial charge in [0.25, 0.3) is 5.91 Å². The molecule has 1 aromatic heterocycles. The predicted octanol–water partition coefficient (Wildman–Crippen LogP) is 2.10. The summed E-state index contributed by atoms with van der Waals surface area (Å²) >= 11 is 1.61. The highest BCUT2D eigenvalue weighted by atomic mass is 32.1. The highest BCUT2D eigenvalue weighted by molar-refractivity contribution is 7.09. The SMILES string of the molecule is Cc1nc(CCCC(=O)Nc2ccccc2C(=O)NCCN)cs1. The molecule has 2 amide bonds. The molecule has 4 N–H and O–H groups in total. The van der Waals surface area contributed by atoms with Crippen LogP contribution in [0.25, 0.3) is 0 Å². The average molecular weight is 346 g/mol. The fourth-order valence-corrected chi connectivity index (χ4v) is 2.88. The van der Waals surface area contributed by atoms with E-state index in [2.05, 4.69) is 15.6 Å². The standard InChI is InChI=1S/C17H22N4O2S/c1-12-20-13(11-24-12)5-4-8-16(22)21-15-7-3-2-6-14(15)17(23)19-10-9-18/h2-3,6-7,11H,4-5,8-10,18H2,1H3,(H,19,23)(H,21,22). The lowest BCUT2D eigenvalue weighted by atomic mass is 10.1. The van der Waals surface area contributed by atoms with Crippen LogP contribution < -0.4 is 16.4 Å². The first-order valence-electron chi connectivity index (χ1n) is 7.88. The minimum Gasteiger partial charge on any atom is -0.351 e. The van der Waals surface area contributed by atoms with Crippen molar-refractivity contribution in [2.75, 3.05) is 18.4 Å². The molecular weight excluding hydrogens is 324 g/mol. The van der Waals surface area contributed by atoms with Crippen LogP contribution in [0.4, 0.5) is 5.69 Å². The molecule has 24 heavy (non-hydrogen) atoms. The number of amides is 2. The number of anilines is 1. The summed E-state index contributed by atoms with van der Waals surface area (Å²) in [4.78, 5) is 28.6. The number of nitrogens with two attached hydrogens (primary N) is 1. The molecule has 1 heterocycles. The van der Waals surface area contributed by atoms with E-state index in [-0.39, 0.29) is 11.8 Å². The maximum Gasteiger partial charge on any atom is 0.253 e. The van der Waals surface area contributed by atoms with Gasteiger partial charge in [-0.05, 0) is 31.9 Å². The van der Waals surface area contributed by atoms with E-state index in [1.54, 1.807) is 35.6 Å². The van der Waals surface area contributed by atoms with Gasteiger partial charge in [-0.3, -0.25) is 9.59 Å². The van der Waals surface area contributed by atoms with Crippen LogP contribution >= 0.6 is 11.3 Å². The Morgan fingerprint density at radius 2 is 2.08 bits per heavy atom. The monoisotopic (exact) mass is 346 g/mol. The van der Waals surface area contributed by atoms with Crippen molar-refractivity contribution in [3.8, 4) is 0 Å². The third-order valence-electron chi connectivity index (χ3n) is 3.38. The predicted molar refractivity (Wildman–Crippen MR) is 96.2 cm³/mol. The molecular formula is C17H22N4O2S. The molecule has 7 heteroatoms. The molecule has 0 atom stereocenters. The van der Waals surface area contributed by atoms with Gasteiger partial charge in [0.15, 0.2) is 0 Å². The third kappa shape index (κ3) is 5.43. The number of hydrogen-bond donors (Lipinski definition) is 3. The highest BCUT2D eigenvalue weighted by Crippen LogP contribution is 2.16. The molecule has 0 fully saturated rings. The van der Waals surface area contributed by atoms with Crippen molar-refractivity contribution in [2.45, 2.75) is 26.2 Å². The van der Waals surface area contributed by atoms with Crippen LogP contribution in [0, 0.1) is 6.92 Å². The fourth-order valence-electron chi connectivity index (χ4n) is 2.24. The van der Waals surface area contributed by atoms with Crippen LogP contribution in [0.5, 0.6) is 0 Å². The first kappa shape index (κ1) is 18.1.